The van der Waals surface area contributed by atoms with Gasteiger partial charge in [-0.25, -0.2) is 0 Å². The maximum atomic E-state index is 5.32. The summed E-state index contributed by atoms with van der Waals surface area (Å²) in [4.78, 5) is 5.36. The van der Waals surface area contributed by atoms with Crippen LogP contribution in [0.25, 0.3) is 16.4 Å². The smallest absolute Gasteiger partial charge is 0.237 e. The van der Waals surface area contributed by atoms with E-state index >= 15 is 0 Å². The van der Waals surface area contributed by atoms with Gasteiger partial charge >= 0.3 is 0 Å². The molecule has 0 radical (unpaired) electrons. The number of aromatic nitrogens is 6. The van der Waals surface area contributed by atoms with Crippen LogP contribution in [0.15, 0.2) is 49.9 Å². The zero-order valence-electron chi connectivity index (χ0n) is 13.4. The lowest BCUT2D eigenvalue weighted by molar-refractivity contribution is 0.391. The Labute approximate surface area is 164 Å². The second-order valence-corrected chi connectivity index (χ2v) is 7.77. The van der Waals surface area contributed by atoms with Crippen molar-refractivity contribution in [1.29, 1.82) is 0 Å². The van der Waals surface area contributed by atoms with Crippen LogP contribution in [-0.2, 0) is 5.75 Å². The molecule has 0 aliphatic rings. The van der Waals surface area contributed by atoms with Crippen LogP contribution in [0.3, 0.4) is 0 Å². The van der Waals surface area contributed by atoms with E-state index in [4.69, 9.17) is 9.26 Å². The molecular weight excluding hydrogens is 440 g/mol. The monoisotopic (exact) mass is 450 g/mol. The number of thiophene rings is 1. The van der Waals surface area contributed by atoms with Crippen LogP contribution in [0.4, 0.5) is 0 Å². The number of benzene rings is 1. The van der Waals surface area contributed by atoms with E-state index in [-0.39, 0.29) is 0 Å². The predicted octanol–water partition coefficient (Wildman–Crippen LogP) is 3.84. The maximum Gasteiger partial charge on any atom is 0.237 e. The largest absolute Gasteiger partial charge is 0.497 e. The van der Waals surface area contributed by atoms with Gasteiger partial charge in [0, 0.05) is 9.85 Å². The number of methoxy groups -OCH3 is 1. The first-order valence-electron chi connectivity index (χ1n) is 7.35. The van der Waals surface area contributed by atoms with Crippen molar-refractivity contribution < 1.29 is 9.26 Å². The van der Waals surface area contributed by atoms with Crippen molar-refractivity contribution in [3.63, 3.8) is 0 Å². The SMILES string of the molecule is COc1ccc(-n2nnnc2SCc2nc(-c3cc(Br)cs3)no2)cc1. The molecule has 4 rings (SSSR count). The van der Waals surface area contributed by atoms with Gasteiger partial charge in [0.25, 0.3) is 0 Å². The third-order valence-electron chi connectivity index (χ3n) is 3.34. The predicted molar refractivity (Wildman–Crippen MR) is 101 cm³/mol. The molecular formula is C15H11BrN6O2S2. The molecule has 11 heteroatoms. The number of hydrogen-bond acceptors (Lipinski definition) is 9. The average Bonchev–Trinajstić information content (AvgIpc) is 3.40. The Balaban J connectivity index is 1.47. The van der Waals surface area contributed by atoms with E-state index in [1.54, 1.807) is 23.1 Å². The summed E-state index contributed by atoms with van der Waals surface area (Å²) in [5, 5.41) is 18.5. The van der Waals surface area contributed by atoms with Gasteiger partial charge in [0.05, 0.1) is 23.4 Å². The molecule has 0 amide bonds. The summed E-state index contributed by atoms with van der Waals surface area (Å²) in [6, 6.07) is 9.44. The molecule has 0 fully saturated rings. The van der Waals surface area contributed by atoms with E-state index in [0.717, 1.165) is 20.8 Å². The summed E-state index contributed by atoms with van der Waals surface area (Å²) in [6.45, 7) is 0. The number of thioether (sulfide) groups is 1. The Bertz CT molecular complexity index is 1010. The van der Waals surface area contributed by atoms with E-state index in [2.05, 4.69) is 41.6 Å². The first-order chi connectivity index (χ1) is 12.7. The molecule has 3 aromatic heterocycles. The van der Waals surface area contributed by atoms with E-state index in [9.17, 15) is 0 Å². The van der Waals surface area contributed by atoms with Crippen molar-refractivity contribution >= 4 is 39.0 Å². The number of rotatable bonds is 6. The van der Waals surface area contributed by atoms with Crippen LogP contribution in [-0.4, -0.2) is 37.5 Å². The Morgan fingerprint density at radius 3 is 2.88 bits per heavy atom. The topological polar surface area (TPSA) is 91.8 Å². The number of nitrogens with zero attached hydrogens (tertiary/aromatic N) is 6. The number of hydrogen-bond donors (Lipinski definition) is 0. The summed E-state index contributed by atoms with van der Waals surface area (Å²) >= 11 is 6.39. The highest BCUT2D eigenvalue weighted by molar-refractivity contribution is 9.10. The normalized spacial score (nSPS) is 11.0. The highest BCUT2D eigenvalue weighted by atomic mass is 79.9. The van der Waals surface area contributed by atoms with E-state index < -0.39 is 0 Å². The molecule has 0 unspecified atom stereocenters. The fourth-order valence-electron chi connectivity index (χ4n) is 2.12. The molecule has 8 nitrogen and oxygen atoms in total. The van der Waals surface area contributed by atoms with E-state index in [1.165, 1.54) is 11.8 Å². The lowest BCUT2D eigenvalue weighted by atomic mass is 10.3. The molecule has 0 bridgehead atoms. The van der Waals surface area contributed by atoms with Gasteiger partial charge in [0.15, 0.2) is 0 Å². The molecule has 4 aromatic rings. The Kier molecular flexibility index (Phi) is 5.00. The van der Waals surface area contributed by atoms with Crippen molar-refractivity contribution in [2.75, 3.05) is 7.11 Å². The molecule has 0 N–H and O–H groups in total. The van der Waals surface area contributed by atoms with Crippen LogP contribution in [0.5, 0.6) is 5.75 Å². The maximum absolute atomic E-state index is 5.32. The van der Waals surface area contributed by atoms with Crippen LogP contribution in [0.2, 0.25) is 0 Å². The van der Waals surface area contributed by atoms with Crippen LogP contribution < -0.4 is 4.74 Å². The number of tetrazole rings is 1. The zero-order valence-corrected chi connectivity index (χ0v) is 16.6. The van der Waals surface area contributed by atoms with Gasteiger partial charge in [0.2, 0.25) is 16.9 Å². The zero-order chi connectivity index (χ0) is 17.9. The quantitative estimate of drug-likeness (QED) is 0.409. The fraction of sp³-hybridized carbons (Fsp3) is 0.133. The van der Waals surface area contributed by atoms with E-state index in [1.807, 2.05) is 35.7 Å². The summed E-state index contributed by atoms with van der Waals surface area (Å²) in [6.07, 6.45) is 0. The van der Waals surface area contributed by atoms with Gasteiger partial charge in [-0.05, 0) is 56.7 Å². The van der Waals surface area contributed by atoms with Crippen molar-refractivity contribution in [3.05, 3.63) is 46.1 Å². The van der Waals surface area contributed by atoms with Crippen LogP contribution in [0.1, 0.15) is 5.89 Å². The number of ether oxygens (including phenoxy) is 1. The third-order valence-corrected chi connectivity index (χ3v) is 5.93. The standard InChI is InChI=1S/C15H11BrN6O2S2/c1-23-11-4-2-10(3-5-11)22-15(18-20-21-22)26-8-13-17-14(19-24-13)12-6-9(16)7-25-12/h2-7H,8H2,1H3. The molecule has 0 spiro atoms. The summed E-state index contributed by atoms with van der Waals surface area (Å²) in [5.41, 5.74) is 0.841. The first kappa shape index (κ1) is 17.2. The lowest BCUT2D eigenvalue weighted by Crippen LogP contribution is -1.99. The summed E-state index contributed by atoms with van der Waals surface area (Å²) in [7, 11) is 1.63. The molecule has 0 aliphatic carbocycles. The molecule has 0 atom stereocenters. The van der Waals surface area contributed by atoms with Gasteiger partial charge in [-0.2, -0.15) is 9.67 Å². The fourth-order valence-corrected chi connectivity index (χ4v) is 4.20. The minimum atomic E-state index is 0.468. The van der Waals surface area contributed by atoms with Crippen molar-refractivity contribution in [1.82, 2.24) is 30.3 Å². The molecule has 132 valence electrons. The van der Waals surface area contributed by atoms with Crippen LogP contribution in [0, 0.1) is 0 Å². The molecule has 0 saturated carbocycles. The lowest BCUT2D eigenvalue weighted by Gasteiger charge is -2.04. The van der Waals surface area contributed by atoms with Gasteiger partial charge in [0.1, 0.15) is 5.75 Å². The first-order valence-corrected chi connectivity index (χ1v) is 10.0. The molecule has 26 heavy (non-hydrogen) atoms. The summed E-state index contributed by atoms with van der Waals surface area (Å²) in [5.74, 6) is 2.33. The Morgan fingerprint density at radius 2 is 2.15 bits per heavy atom. The molecule has 0 saturated heterocycles. The third kappa shape index (κ3) is 3.64. The second-order valence-electron chi connectivity index (χ2n) is 5.00. The van der Waals surface area contributed by atoms with Crippen molar-refractivity contribution in [2.45, 2.75) is 10.9 Å². The highest BCUT2D eigenvalue weighted by Gasteiger charge is 2.14. The van der Waals surface area contributed by atoms with Gasteiger partial charge < -0.3 is 9.26 Å². The minimum Gasteiger partial charge on any atom is -0.497 e. The minimum absolute atomic E-state index is 0.468. The number of halogens is 1. The Morgan fingerprint density at radius 1 is 1.31 bits per heavy atom. The molecule has 1 aromatic carbocycles. The van der Waals surface area contributed by atoms with Gasteiger partial charge in [-0.15, -0.1) is 16.4 Å². The molecule has 0 aliphatic heterocycles. The second kappa shape index (κ2) is 7.56. The Hall–Kier alpha value is -2.24. The van der Waals surface area contributed by atoms with E-state index in [0.29, 0.717) is 22.6 Å². The summed E-state index contributed by atoms with van der Waals surface area (Å²) < 4.78 is 13.1. The van der Waals surface area contributed by atoms with Crippen LogP contribution >= 0.6 is 39.0 Å². The average molecular weight is 451 g/mol. The highest BCUT2D eigenvalue weighted by Crippen LogP contribution is 2.29. The molecule has 3 heterocycles. The van der Waals surface area contributed by atoms with Crippen molar-refractivity contribution in [2.24, 2.45) is 0 Å². The van der Waals surface area contributed by atoms with Gasteiger partial charge in [-0.3, -0.25) is 0 Å². The van der Waals surface area contributed by atoms with Crippen molar-refractivity contribution in [3.8, 4) is 22.1 Å². The van der Waals surface area contributed by atoms with Gasteiger partial charge in [-0.1, -0.05) is 16.9 Å².